The number of ether oxygens (including phenoxy) is 3. The van der Waals surface area contributed by atoms with Crippen LogP contribution in [0.25, 0.3) is 0 Å². The highest BCUT2D eigenvalue weighted by Gasteiger charge is 2.14. The highest BCUT2D eigenvalue weighted by molar-refractivity contribution is 5.79. The van der Waals surface area contributed by atoms with Crippen LogP contribution in [-0.2, 0) is 27.4 Å². The van der Waals surface area contributed by atoms with E-state index in [1.807, 2.05) is 6.92 Å². The van der Waals surface area contributed by atoms with Crippen molar-refractivity contribution < 1.29 is 14.2 Å². The molecule has 1 heterocycles. The summed E-state index contributed by atoms with van der Waals surface area (Å²) in [6.07, 6.45) is 2.31. The second kappa shape index (κ2) is 11.8. The van der Waals surface area contributed by atoms with Crippen LogP contribution in [0.1, 0.15) is 30.9 Å². The molecule has 2 rings (SSSR count). The molecule has 140 valence electrons. The Morgan fingerprint density at radius 1 is 1.24 bits per heavy atom. The zero-order valence-electron chi connectivity index (χ0n) is 15.4. The largest absolute Gasteiger partial charge is 0.381 e. The van der Waals surface area contributed by atoms with Gasteiger partial charge in [0, 0.05) is 40.0 Å². The van der Waals surface area contributed by atoms with Crippen molar-refractivity contribution in [2.75, 3.05) is 40.0 Å². The van der Waals surface area contributed by atoms with Crippen LogP contribution in [-0.4, -0.2) is 52.1 Å². The lowest BCUT2D eigenvalue weighted by Gasteiger charge is -2.22. The molecule has 6 nitrogen and oxygen atoms in total. The van der Waals surface area contributed by atoms with Gasteiger partial charge in [-0.3, -0.25) is 4.99 Å². The number of benzene rings is 1. The zero-order chi connectivity index (χ0) is 17.7. The van der Waals surface area contributed by atoms with E-state index in [0.717, 1.165) is 51.7 Å². The SMILES string of the molecule is CCOCCNC(=NC)NCc1cccc(COC2CCOCC2)c1. The number of guanidine groups is 1. The highest BCUT2D eigenvalue weighted by Crippen LogP contribution is 2.14. The van der Waals surface area contributed by atoms with Crippen molar-refractivity contribution in [3.63, 3.8) is 0 Å². The molecular weight excluding hydrogens is 318 g/mol. The molecule has 1 fully saturated rings. The molecule has 0 atom stereocenters. The minimum Gasteiger partial charge on any atom is -0.381 e. The van der Waals surface area contributed by atoms with E-state index in [1.54, 1.807) is 7.05 Å². The van der Waals surface area contributed by atoms with Crippen LogP contribution in [0.2, 0.25) is 0 Å². The summed E-state index contributed by atoms with van der Waals surface area (Å²) in [6, 6.07) is 8.47. The molecule has 0 unspecified atom stereocenters. The van der Waals surface area contributed by atoms with Crippen LogP contribution in [0.4, 0.5) is 0 Å². The van der Waals surface area contributed by atoms with Crippen LogP contribution >= 0.6 is 0 Å². The predicted molar refractivity (Wildman–Crippen MR) is 99.8 cm³/mol. The first kappa shape index (κ1) is 19.7. The quantitative estimate of drug-likeness (QED) is 0.406. The van der Waals surface area contributed by atoms with Gasteiger partial charge in [0.2, 0.25) is 0 Å². The van der Waals surface area contributed by atoms with Gasteiger partial charge < -0.3 is 24.8 Å². The molecule has 0 bridgehead atoms. The van der Waals surface area contributed by atoms with Gasteiger partial charge >= 0.3 is 0 Å². The third-order valence-electron chi connectivity index (χ3n) is 4.07. The molecule has 0 spiro atoms. The molecule has 6 heteroatoms. The van der Waals surface area contributed by atoms with E-state index < -0.39 is 0 Å². The maximum absolute atomic E-state index is 6.00. The van der Waals surface area contributed by atoms with Crippen LogP contribution in [0, 0.1) is 0 Å². The molecule has 1 saturated heterocycles. The smallest absolute Gasteiger partial charge is 0.191 e. The standard InChI is InChI=1S/C19H31N3O3/c1-3-23-12-9-21-19(20-2)22-14-16-5-4-6-17(13-16)15-25-18-7-10-24-11-8-18/h4-6,13,18H,3,7-12,14-15H2,1-2H3,(H2,20,21,22). The number of hydrogen-bond donors (Lipinski definition) is 2. The number of nitrogens with zero attached hydrogens (tertiary/aromatic N) is 1. The fourth-order valence-electron chi connectivity index (χ4n) is 2.68. The number of aliphatic imine (C=N–C) groups is 1. The monoisotopic (exact) mass is 349 g/mol. The van der Waals surface area contributed by atoms with E-state index in [0.29, 0.717) is 19.3 Å². The van der Waals surface area contributed by atoms with Crippen molar-refractivity contribution in [3.05, 3.63) is 35.4 Å². The Hall–Kier alpha value is -1.63. The van der Waals surface area contributed by atoms with Crippen molar-refractivity contribution in [2.45, 2.75) is 39.0 Å². The Labute approximate surface area is 151 Å². The fraction of sp³-hybridized carbons (Fsp3) is 0.632. The summed E-state index contributed by atoms with van der Waals surface area (Å²) in [4.78, 5) is 4.22. The molecule has 1 aromatic carbocycles. The van der Waals surface area contributed by atoms with E-state index in [-0.39, 0.29) is 0 Å². The molecule has 2 N–H and O–H groups in total. The Kier molecular flexibility index (Phi) is 9.33. The van der Waals surface area contributed by atoms with Crippen LogP contribution in [0.3, 0.4) is 0 Å². The summed E-state index contributed by atoms with van der Waals surface area (Å²) in [7, 11) is 1.77. The highest BCUT2D eigenvalue weighted by atomic mass is 16.5. The maximum atomic E-state index is 6.00. The molecule has 0 amide bonds. The molecular formula is C19H31N3O3. The predicted octanol–water partition coefficient (Wildman–Crippen LogP) is 2.08. The second-order valence-electron chi connectivity index (χ2n) is 5.99. The first-order valence-corrected chi connectivity index (χ1v) is 9.11. The van der Waals surface area contributed by atoms with Crippen molar-refractivity contribution >= 4 is 5.96 Å². The Bertz CT molecular complexity index is 516. The van der Waals surface area contributed by atoms with Gasteiger partial charge in [-0.1, -0.05) is 24.3 Å². The first-order chi connectivity index (χ1) is 12.3. The molecule has 1 aliphatic heterocycles. The second-order valence-corrected chi connectivity index (χ2v) is 5.99. The topological polar surface area (TPSA) is 64.1 Å². The Morgan fingerprint density at radius 2 is 2.04 bits per heavy atom. The third-order valence-corrected chi connectivity index (χ3v) is 4.07. The summed E-state index contributed by atoms with van der Waals surface area (Å²) < 4.78 is 16.7. The van der Waals surface area contributed by atoms with Gasteiger partial charge in [-0.2, -0.15) is 0 Å². The zero-order valence-corrected chi connectivity index (χ0v) is 15.4. The van der Waals surface area contributed by atoms with Crippen LogP contribution < -0.4 is 10.6 Å². The molecule has 0 saturated carbocycles. The normalized spacial score (nSPS) is 16.0. The van der Waals surface area contributed by atoms with Gasteiger partial charge in [0.05, 0.1) is 19.3 Å². The van der Waals surface area contributed by atoms with Gasteiger partial charge in [-0.25, -0.2) is 0 Å². The molecule has 0 radical (unpaired) electrons. The Morgan fingerprint density at radius 3 is 2.80 bits per heavy atom. The lowest BCUT2D eigenvalue weighted by Crippen LogP contribution is -2.38. The molecule has 1 aromatic rings. The average Bonchev–Trinajstić information content (AvgIpc) is 2.67. The lowest BCUT2D eigenvalue weighted by molar-refractivity contribution is -0.0390. The fourth-order valence-corrected chi connectivity index (χ4v) is 2.68. The minimum absolute atomic E-state index is 0.323. The average molecular weight is 349 g/mol. The van der Waals surface area contributed by atoms with Crippen LogP contribution in [0.5, 0.6) is 0 Å². The van der Waals surface area contributed by atoms with E-state index in [4.69, 9.17) is 14.2 Å². The molecule has 1 aliphatic rings. The van der Waals surface area contributed by atoms with E-state index in [9.17, 15) is 0 Å². The molecule has 0 aromatic heterocycles. The van der Waals surface area contributed by atoms with Crippen molar-refractivity contribution in [1.82, 2.24) is 10.6 Å². The lowest BCUT2D eigenvalue weighted by atomic mass is 10.1. The molecule has 25 heavy (non-hydrogen) atoms. The van der Waals surface area contributed by atoms with E-state index >= 15 is 0 Å². The summed E-state index contributed by atoms with van der Waals surface area (Å²) >= 11 is 0. The van der Waals surface area contributed by atoms with Crippen molar-refractivity contribution in [2.24, 2.45) is 4.99 Å². The number of nitrogens with one attached hydrogen (secondary N) is 2. The van der Waals surface area contributed by atoms with Gasteiger partial charge in [0.25, 0.3) is 0 Å². The van der Waals surface area contributed by atoms with Crippen molar-refractivity contribution in [1.29, 1.82) is 0 Å². The summed E-state index contributed by atoms with van der Waals surface area (Å²) in [6.45, 7) is 7.14. The number of rotatable bonds is 9. The van der Waals surface area contributed by atoms with E-state index in [1.165, 1.54) is 11.1 Å². The summed E-state index contributed by atoms with van der Waals surface area (Å²) in [5, 5.41) is 6.56. The van der Waals surface area contributed by atoms with Gasteiger partial charge in [-0.05, 0) is 30.9 Å². The van der Waals surface area contributed by atoms with Gasteiger partial charge in [0.15, 0.2) is 5.96 Å². The molecule has 0 aliphatic carbocycles. The van der Waals surface area contributed by atoms with E-state index in [2.05, 4.69) is 39.9 Å². The van der Waals surface area contributed by atoms with Crippen molar-refractivity contribution in [3.8, 4) is 0 Å². The number of hydrogen-bond acceptors (Lipinski definition) is 4. The van der Waals surface area contributed by atoms with Crippen LogP contribution in [0.15, 0.2) is 29.3 Å². The summed E-state index contributed by atoms with van der Waals surface area (Å²) in [5.74, 6) is 0.781. The first-order valence-electron chi connectivity index (χ1n) is 9.11. The summed E-state index contributed by atoms with van der Waals surface area (Å²) in [5.41, 5.74) is 2.41. The van der Waals surface area contributed by atoms with Gasteiger partial charge in [-0.15, -0.1) is 0 Å². The minimum atomic E-state index is 0.323. The van der Waals surface area contributed by atoms with Gasteiger partial charge in [0.1, 0.15) is 0 Å². The Balaban J connectivity index is 1.74. The third kappa shape index (κ3) is 7.86. The maximum Gasteiger partial charge on any atom is 0.191 e.